The highest BCUT2D eigenvalue weighted by Crippen LogP contribution is 2.36. The minimum atomic E-state index is -0.446. The Bertz CT molecular complexity index is 1120. The number of carbonyl (C=O) groups excluding carboxylic acids is 1. The van der Waals surface area contributed by atoms with Gasteiger partial charge in [0.05, 0.1) is 32.8 Å². The van der Waals surface area contributed by atoms with Gasteiger partial charge in [-0.15, -0.1) is 0 Å². The standard InChI is InChI=1S/C27H29NO4/c1-17-8-10-21(23-13-18(14-26(30)32-3)9-11-25(23)31-2)20(12-17)16-28-27-22-7-5-4-6-19(22)15-24(27)29/h4-13,24,27-29H,14-16H2,1-3H3/t24-,27+/m1/s1. The van der Waals surface area contributed by atoms with Crippen LogP contribution < -0.4 is 10.1 Å². The summed E-state index contributed by atoms with van der Waals surface area (Å²) in [5.41, 5.74) is 7.45. The molecule has 2 N–H and O–H groups in total. The van der Waals surface area contributed by atoms with E-state index >= 15 is 0 Å². The Morgan fingerprint density at radius 2 is 1.88 bits per heavy atom. The van der Waals surface area contributed by atoms with Crippen molar-refractivity contribution in [1.29, 1.82) is 0 Å². The maximum absolute atomic E-state index is 11.8. The van der Waals surface area contributed by atoms with Crippen molar-refractivity contribution < 1.29 is 19.4 Å². The molecule has 5 heteroatoms. The number of hydrogen-bond acceptors (Lipinski definition) is 5. The number of aryl methyl sites for hydroxylation is 1. The van der Waals surface area contributed by atoms with Gasteiger partial charge < -0.3 is 19.9 Å². The van der Waals surface area contributed by atoms with E-state index in [-0.39, 0.29) is 18.4 Å². The van der Waals surface area contributed by atoms with E-state index in [9.17, 15) is 9.90 Å². The molecule has 2 atom stereocenters. The molecule has 0 aliphatic heterocycles. The molecule has 3 aromatic carbocycles. The Kier molecular flexibility index (Phi) is 6.58. The molecule has 0 radical (unpaired) electrons. The lowest BCUT2D eigenvalue weighted by molar-refractivity contribution is -0.139. The lowest BCUT2D eigenvalue weighted by Gasteiger charge is -2.20. The fraction of sp³-hybridized carbons (Fsp3) is 0.296. The predicted molar refractivity (Wildman–Crippen MR) is 125 cm³/mol. The molecule has 5 nitrogen and oxygen atoms in total. The van der Waals surface area contributed by atoms with Gasteiger partial charge >= 0.3 is 5.97 Å². The number of rotatable bonds is 7. The zero-order valence-electron chi connectivity index (χ0n) is 18.7. The number of ether oxygens (including phenoxy) is 2. The second-order valence-electron chi connectivity index (χ2n) is 8.28. The van der Waals surface area contributed by atoms with Gasteiger partial charge in [-0.2, -0.15) is 0 Å². The van der Waals surface area contributed by atoms with Crippen LogP contribution >= 0.6 is 0 Å². The third-order valence-electron chi connectivity index (χ3n) is 6.11. The predicted octanol–water partition coefficient (Wildman–Crippen LogP) is 4.13. The van der Waals surface area contributed by atoms with Crippen LogP contribution in [0.5, 0.6) is 5.75 Å². The molecule has 1 aliphatic rings. The van der Waals surface area contributed by atoms with Crippen LogP contribution in [-0.2, 0) is 28.9 Å². The Hall–Kier alpha value is -3.15. The molecule has 0 heterocycles. The van der Waals surface area contributed by atoms with Gasteiger partial charge in [0.1, 0.15) is 5.75 Å². The van der Waals surface area contributed by atoms with Crippen LogP contribution in [0.25, 0.3) is 11.1 Å². The van der Waals surface area contributed by atoms with Crippen molar-refractivity contribution in [3.8, 4) is 16.9 Å². The minimum absolute atomic E-state index is 0.105. The van der Waals surface area contributed by atoms with E-state index < -0.39 is 6.10 Å². The zero-order valence-corrected chi connectivity index (χ0v) is 18.7. The van der Waals surface area contributed by atoms with E-state index in [1.807, 2.05) is 30.3 Å². The number of hydrogen-bond donors (Lipinski definition) is 2. The number of methoxy groups -OCH3 is 2. The molecule has 0 fully saturated rings. The number of aliphatic hydroxyl groups is 1. The number of aliphatic hydroxyl groups excluding tert-OH is 1. The number of nitrogens with one attached hydrogen (secondary N) is 1. The Morgan fingerprint density at radius 3 is 2.66 bits per heavy atom. The van der Waals surface area contributed by atoms with Crippen LogP contribution in [-0.4, -0.2) is 31.4 Å². The summed E-state index contributed by atoms with van der Waals surface area (Å²) in [7, 11) is 3.04. The van der Waals surface area contributed by atoms with Crippen LogP contribution in [0, 0.1) is 6.92 Å². The zero-order chi connectivity index (χ0) is 22.7. The largest absolute Gasteiger partial charge is 0.496 e. The van der Waals surface area contributed by atoms with Crippen LogP contribution in [0.3, 0.4) is 0 Å². The first-order chi connectivity index (χ1) is 15.5. The maximum atomic E-state index is 11.8. The van der Waals surface area contributed by atoms with E-state index in [1.165, 1.54) is 12.7 Å². The molecule has 3 aromatic rings. The van der Waals surface area contributed by atoms with E-state index in [2.05, 4.69) is 42.6 Å². The van der Waals surface area contributed by atoms with E-state index in [4.69, 9.17) is 9.47 Å². The molecule has 0 spiro atoms. The van der Waals surface area contributed by atoms with Crippen LogP contribution in [0.15, 0.2) is 60.7 Å². The fourth-order valence-corrected chi connectivity index (χ4v) is 4.49. The number of esters is 1. The summed E-state index contributed by atoms with van der Waals surface area (Å²) < 4.78 is 10.5. The molecule has 166 valence electrons. The fourth-order valence-electron chi connectivity index (χ4n) is 4.49. The van der Waals surface area contributed by atoms with Crippen LogP contribution in [0.4, 0.5) is 0 Å². The molecule has 0 amide bonds. The van der Waals surface area contributed by atoms with E-state index in [0.717, 1.165) is 39.1 Å². The van der Waals surface area contributed by atoms with Crippen molar-refractivity contribution in [2.75, 3.05) is 14.2 Å². The van der Waals surface area contributed by atoms with Crippen molar-refractivity contribution in [1.82, 2.24) is 5.32 Å². The third kappa shape index (κ3) is 4.54. The van der Waals surface area contributed by atoms with Gasteiger partial charge in [0, 0.05) is 18.5 Å². The summed E-state index contributed by atoms with van der Waals surface area (Å²) in [6.45, 7) is 2.66. The highest BCUT2D eigenvalue weighted by molar-refractivity contribution is 5.77. The smallest absolute Gasteiger partial charge is 0.309 e. The highest BCUT2D eigenvalue weighted by atomic mass is 16.5. The van der Waals surface area contributed by atoms with Gasteiger partial charge in [0.15, 0.2) is 0 Å². The topological polar surface area (TPSA) is 67.8 Å². The summed E-state index contributed by atoms with van der Waals surface area (Å²) in [6, 6.07) is 20.2. The maximum Gasteiger partial charge on any atom is 0.309 e. The molecule has 1 aliphatic carbocycles. The lowest BCUT2D eigenvalue weighted by Crippen LogP contribution is -2.28. The number of benzene rings is 3. The van der Waals surface area contributed by atoms with Gasteiger partial charge in [0.2, 0.25) is 0 Å². The van der Waals surface area contributed by atoms with Crippen molar-refractivity contribution in [2.24, 2.45) is 0 Å². The third-order valence-corrected chi connectivity index (χ3v) is 6.11. The first-order valence-corrected chi connectivity index (χ1v) is 10.8. The van der Waals surface area contributed by atoms with Crippen molar-refractivity contribution >= 4 is 5.97 Å². The van der Waals surface area contributed by atoms with Gasteiger partial charge in [-0.3, -0.25) is 4.79 Å². The Morgan fingerprint density at radius 1 is 1.06 bits per heavy atom. The average Bonchev–Trinajstić information content (AvgIpc) is 3.12. The van der Waals surface area contributed by atoms with Crippen LogP contribution in [0.1, 0.15) is 33.9 Å². The van der Waals surface area contributed by atoms with E-state index in [1.54, 1.807) is 7.11 Å². The van der Waals surface area contributed by atoms with Crippen molar-refractivity contribution in [2.45, 2.75) is 38.5 Å². The second-order valence-corrected chi connectivity index (χ2v) is 8.28. The molecular weight excluding hydrogens is 402 g/mol. The van der Waals surface area contributed by atoms with E-state index in [0.29, 0.717) is 13.0 Å². The summed E-state index contributed by atoms with van der Waals surface area (Å²) in [5, 5.41) is 14.2. The minimum Gasteiger partial charge on any atom is -0.496 e. The molecule has 0 saturated heterocycles. The quantitative estimate of drug-likeness (QED) is 0.551. The Labute approximate surface area is 189 Å². The lowest BCUT2D eigenvalue weighted by atomic mass is 9.94. The Balaban J connectivity index is 1.66. The average molecular weight is 432 g/mol. The summed E-state index contributed by atoms with van der Waals surface area (Å²) in [4.78, 5) is 11.8. The molecule has 0 aromatic heterocycles. The van der Waals surface area contributed by atoms with Gasteiger partial charge in [-0.1, -0.05) is 54.1 Å². The van der Waals surface area contributed by atoms with Crippen LogP contribution in [0.2, 0.25) is 0 Å². The molecule has 0 bridgehead atoms. The number of fused-ring (bicyclic) bond motifs is 1. The van der Waals surface area contributed by atoms with Gasteiger partial charge in [0.25, 0.3) is 0 Å². The molecule has 0 saturated carbocycles. The van der Waals surface area contributed by atoms with Crippen molar-refractivity contribution in [3.63, 3.8) is 0 Å². The monoisotopic (exact) mass is 431 g/mol. The SMILES string of the molecule is COC(=O)Cc1ccc(OC)c(-c2ccc(C)cc2CN[C@H]2c3ccccc3C[C@H]2O)c1. The number of carbonyl (C=O) groups is 1. The summed E-state index contributed by atoms with van der Waals surface area (Å²) >= 11 is 0. The first-order valence-electron chi connectivity index (χ1n) is 10.8. The normalized spacial score (nSPS) is 17.1. The highest BCUT2D eigenvalue weighted by Gasteiger charge is 2.30. The molecule has 0 unspecified atom stereocenters. The molecule has 32 heavy (non-hydrogen) atoms. The summed E-state index contributed by atoms with van der Waals surface area (Å²) in [5.74, 6) is 0.468. The van der Waals surface area contributed by atoms with Gasteiger partial charge in [-0.25, -0.2) is 0 Å². The molecule has 4 rings (SSSR count). The molecular formula is C27H29NO4. The second kappa shape index (κ2) is 9.55. The first kappa shape index (κ1) is 22.1. The van der Waals surface area contributed by atoms with Crippen molar-refractivity contribution in [3.05, 3.63) is 88.5 Å². The summed E-state index contributed by atoms with van der Waals surface area (Å²) in [6.07, 6.45) is 0.425. The van der Waals surface area contributed by atoms with Gasteiger partial charge in [-0.05, 0) is 46.9 Å².